The van der Waals surface area contributed by atoms with Crippen LogP contribution < -0.4 is 0 Å². The lowest BCUT2D eigenvalue weighted by Gasteiger charge is -2.23. The van der Waals surface area contributed by atoms with Crippen LogP contribution in [-0.4, -0.2) is 47.7 Å². The van der Waals surface area contributed by atoms with Crippen molar-refractivity contribution in [2.45, 2.75) is 25.9 Å². The molecule has 1 amide bonds. The van der Waals surface area contributed by atoms with Crippen molar-refractivity contribution in [1.29, 1.82) is 0 Å². The third kappa shape index (κ3) is 3.33. The second-order valence-electron chi connectivity index (χ2n) is 4.45. The first-order valence-electron chi connectivity index (χ1n) is 6.35. The summed E-state index contributed by atoms with van der Waals surface area (Å²) < 4.78 is 5.53. The van der Waals surface area contributed by atoms with Gasteiger partial charge in [-0.25, -0.2) is 4.79 Å². The highest BCUT2D eigenvalue weighted by atomic mass is 32.1. The lowest BCUT2D eigenvalue weighted by atomic mass is 10.2. The van der Waals surface area contributed by atoms with Crippen molar-refractivity contribution in [3.8, 4) is 0 Å². The number of carboxylic acids is 1. The Balaban J connectivity index is 2.04. The summed E-state index contributed by atoms with van der Waals surface area (Å²) in [6, 6.07) is 3.05. The molecule has 0 aromatic carbocycles. The zero-order chi connectivity index (χ0) is 13.8. The van der Waals surface area contributed by atoms with Gasteiger partial charge >= 0.3 is 5.97 Å². The fourth-order valence-corrected chi connectivity index (χ4v) is 2.93. The molecule has 1 aliphatic rings. The molecule has 0 bridgehead atoms. The molecule has 0 spiro atoms. The fourth-order valence-electron chi connectivity index (χ4n) is 2.11. The molecule has 1 unspecified atom stereocenters. The van der Waals surface area contributed by atoms with Gasteiger partial charge in [-0.3, -0.25) is 4.79 Å². The number of hydrogen-bond acceptors (Lipinski definition) is 4. The van der Waals surface area contributed by atoms with Crippen molar-refractivity contribution in [3.05, 3.63) is 21.9 Å². The second kappa shape index (κ2) is 6.16. The number of nitrogens with zero attached hydrogens (tertiary/aromatic N) is 1. The molecule has 0 radical (unpaired) electrons. The molecule has 2 rings (SSSR count). The maximum atomic E-state index is 12.3. The average molecular weight is 283 g/mol. The molecule has 1 saturated heterocycles. The largest absolute Gasteiger partial charge is 0.477 e. The number of rotatable bonds is 5. The molecule has 2 heterocycles. The van der Waals surface area contributed by atoms with E-state index in [4.69, 9.17) is 9.84 Å². The summed E-state index contributed by atoms with van der Waals surface area (Å²) >= 11 is 1.02. The SMILES string of the molecule is CCN(CC1CCCO1)C(=O)c1ccc(C(=O)O)s1. The number of hydrogen-bond donors (Lipinski definition) is 1. The summed E-state index contributed by atoms with van der Waals surface area (Å²) in [7, 11) is 0. The topological polar surface area (TPSA) is 66.8 Å². The minimum atomic E-state index is -0.994. The summed E-state index contributed by atoms with van der Waals surface area (Å²) in [5.74, 6) is -1.11. The van der Waals surface area contributed by atoms with E-state index in [2.05, 4.69) is 0 Å². The minimum Gasteiger partial charge on any atom is -0.477 e. The summed E-state index contributed by atoms with van der Waals surface area (Å²) in [6.07, 6.45) is 2.13. The normalized spacial score (nSPS) is 18.5. The first-order chi connectivity index (χ1) is 9.11. The van der Waals surface area contributed by atoms with Gasteiger partial charge in [-0.1, -0.05) is 0 Å². The van der Waals surface area contributed by atoms with Gasteiger partial charge in [-0.05, 0) is 31.9 Å². The van der Waals surface area contributed by atoms with Gasteiger partial charge in [0.2, 0.25) is 0 Å². The van der Waals surface area contributed by atoms with Crippen LogP contribution in [0.25, 0.3) is 0 Å². The van der Waals surface area contributed by atoms with Crippen LogP contribution in [0.3, 0.4) is 0 Å². The Bertz CT molecular complexity index is 465. The van der Waals surface area contributed by atoms with E-state index in [1.165, 1.54) is 6.07 Å². The molecular weight excluding hydrogens is 266 g/mol. The van der Waals surface area contributed by atoms with Crippen molar-refractivity contribution in [2.75, 3.05) is 19.7 Å². The van der Waals surface area contributed by atoms with E-state index in [9.17, 15) is 9.59 Å². The van der Waals surface area contributed by atoms with E-state index in [-0.39, 0.29) is 16.9 Å². The van der Waals surface area contributed by atoms with Gasteiger partial charge in [0.15, 0.2) is 0 Å². The number of aromatic carboxylic acids is 1. The van der Waals surface area contributed by atoms with Crippen LogP contribution in [0.15, 0.2) is 12.1 Å². The number of thiophene rings is 1. The van der Waals surface area contributed by atoms with E-state index < -0.39 is 5.97 Å². The fraction of sp³-hybridized carbons (Fsp3) is 0.538. The summed E-state index contributed by atoms with van der Waals surface area (Å²) in [5, 5.41) is 8.87. The Hall–Kier alpha value is -1.40. The third-order valence-electron chi connectivity index (χ3n) is 3.14. The van der Waals surface area contributed by atoms with Gasteiger partial charge in [-0.15, -0.1) is 11.3 Å². The lowest BCUT2D eigenvalue weighted by Crippen LogP contribution is -2.36. The number of ether oxygens (including phenoxy) is 1. The lowest BCUT2D eigenvalue weighted by molar-refractivity contribution is 0.0543. The van der Waals surface area contributed by atoms with E-state index in [0.717, 1.165) is 30.8 Å². The molecule has 1 aliphatic heterocycles. The molecule has 1 aromatic rings. The smallest absolute Gasteiger partial charge is 0.345 e. The van der Waals surface area contributed by atoms with Crippen LogP contribution in [0, 0.1) is 0 Å². The molecule has 104 valence electrons. The van der Waals surface area contributed by atoms with Gasteiger partial charge in [-0.2, -0.15) is 0 Å². The number of carbonyl (C=O) groups excluding carboxylic acids is 1. The standard InChI is InChI=1S/C13H17NO4S/c1-2-14(8-9-4-3-7-18-9)12(15)10-5-6-11(19-10)13(16)17/h5-6,9H,2-4,7-8H2,1H3,(H,16,17). The molecule has 1 atom stereocenters. The monoisotopic (exact) mass is 283 g/mol. The van der Waals surface area contributed by atoms with Gasteiger partial charge in [0, 0.05) is 19.7 Å². The zero-order valence-corrected chi connectivity index (χ0v) is 11.6. The highest BCUT2D eigenvalue weighted by Gasteiger charge is 2.23. The van der Waals surface area contributed by atoms with Crippen molar-refractivity contribution >= 4 is 23.2 Å². The van der Waals surface area contributed by atoms with Crippen LogP contribution >= 0.6 is 11.3 Å². The van der Waals surface area contributed by atoms with E-state index >= 15 is 0 Å². The van der Waals surface area contributed by atoms with Gasteiger partial charge in [0.05, 0.1) is 11.0 Å². The number of amides is 1. The van der Waals surface area contributed by atoms with Crippen LogP contribution in [-0.2, 0) is 4.74 Å². The Morgan fingerprint density at radius 3 is 2.74 bits per heavy atom. The average Bonchev–Trinajstić information content (AvgIpc) is 3.06. The van der Waals surface area contributed by atoms with Crippen LogP contribution in [0.2, 0.25) is 0 Å². The Labute approximate surface area is 115 Å². The predicted octanol–water partition coefficient (Wildman–Crippen LogP) is 2.09. The number of carbonyl (C=O) groups is 2. The van der Waals surface area contributed by atoms with Crippen molar-refractivity contribution in [2.24, 2.45) is 0 Å². The summed E-state index contributed by atoms with van der Waals surface area (Å²) in [5.41, 5.74) is 0. The Morgan fingerprint density at radius 1 is 1.47 bits per heavy atom. The summed E-state index contributed by atoms with van der Waals surface area (Å²) in [4.78, 5) is 25.5. The van der Waals surface area contributed by atoms with Gasteiger partial charge in [0.1, 0.15) is 4.88 Å². The molecule has 19 heavy (non-hydrogen) atoms. The van der Waals surface area contributed by atoms with Crippen molar-refractivity contribution < 1.29 is 19.4 Å². The second-order valence-corrected chi connectivity index (χ2v) is 5.53. The maximum absolute atomic E-state index is 12.3. The first kappa shape index (κ1) is 14.0. The zero-order valence-electron chi connectivity index (χ0n) is 10.8. The van der Waals surface area contributed by atoms with E-state index in [1.807, 2.05) is 6.92 Å². The molecular formula is C13H17NO4S. The highest BCUT2D eigenvalue weighted by molar-refractivity contribution is 7.15. The molecule has 1 fully saturated rings. The molecule has 6 heteroatoms. The minimum absolute atomic E-state index is 0.114. The maximum Gasteiger partial charge on any atom is 0.345 e. The third-order valence-corrected chi connectivity index (χ3v) is 4.21. The van der Waals surface area contributed by atoms with Crippen molar-refractivity contribution in [1.82, 2.24) is 4.90 Å². The predicted molar refractivity (Wildman–Crippen MR) is 71.8 cm³/mol. The molecule has 5 nitrogen and oxygen atoms in total. The highest BCUT2D eigenvalue weighted by Crippen LogP contribution is 2.20. The quantitative estimate of drug-likeness (QED) is 0.898. The van der Waals surface area contributed by atoms with Crippen LogP contribution in [0.5, 0.6) is 0 Å². The van der Waals surface area contributed by atoms with Gasteiger partial charge in [0.25, 0.3) is 5.91 Å². The van der Waals surface area contributed by atoms with E-state index in [0.29, 0.717) is 18.0 Å². The number of likely N-dealkylation sites (N-methyl/N-ethyl adjacent to an activating group) is 1. The molecule has 0 saturated carbocycles. The summed E-state index contributed by atoms with van der Waals surface area (Å²) in [6.45, 7) is 3.85. The van der Waals surface area contributed by atoms with E-state index in [1.54, 1.807) is 11.0 Å². The molecule has 1 aromatic heterocycles. The molecule has 0 aliphatic carbocycles. The van der Waals surface area contributed by atoms with Gasteiger partial charge < -0.3 is 14.7 Å². The van der Waals surface area contributed by atoms with Crippen LogP contribution in [0.4, 0.5) is 0 Å². The van der Waals surface area contributed by atoms with Crippen molar-refractivity contribution in [3.63, 3.8) is 0 Å². The first-order valence-corrected chi connectivity index (χ1v) is 7.17. The molecule has 1 N–H and O–H groups in total. The Kier molecular flexibility index (Phi) is 4.55. The van der Waals surface area contributed by atoms with Crippen LogP contribution in [0.1, 0.15) is 39.1 Å². The number of carboxylic acid groups (broad SMARTS) is 1. The Morgan fingerprint density at radius 2 is 2.21 bits per heavy atom.